The third kappa shape index (κ3) is 5.27. The van der Waals surface area contributed by atoms with Crippen molar-refractivity contribution in [2.45, 2.75) is 39.7 Å². The van der Waals surface area contributed by atoms with Gasteiger partial charge in [0, 0.05) is 6.42 Å². The fourth-order valence-corrected chi connectivity index (χ4v) is 1.42. The van der Waals surface area contributed by atoms with Crippen LogP contribution in [0.3, 0.4) is 0 Å². The van der Waals surface area contributed by atoms with E-state index in [1.165, 1.54) is 12.1 Å². The number of hydrogen-bond acceptors (Lipinski definition) is 3. The second-order valence-corrected chi connectivity index (χ2v) is 5.25. The highest BCUT2D eigenvalue weighted by Gasteiger charge is 2.27. The number of ether oxygens (including phenoxy) is 1. The van der Waals surface area contributed by atoms with E-state index in [0.717, 1.165) is 17.0 Å². The van der Waals surface area contributed by atoms with Crippen molar-refractivity contribution >= 4 is 17.7 Å². The van der Waals surface area contributed by atoms with Crippen molar-refractivity contribution in [2.24, 2.45) is 0 Å². The highest BCUT2D eigenvalue weighted by molar-refractivity contribution is 6.19. The largest absolute Gasteiger partial charge is 0.443 e. The summed E-state index contributed by atoms with van der Waals surface area (Å²) in [5.74, 6) is 3.79. The number of imide groups is 1. The van der Waals surface area contributed by atoms with Crippen molar-refractivity contribution in [3.63, 3.8) is 0 Å². The Kier molecular flexibility index (Phi) is 5.48. The molecule has 0 spiro atoms. The summed E-state index contributed by atoms with van der Waals surface area (Å²) >= 11 is 0. The first-order valence-electron chi connectivity index (χ1n) is 6.56. The van der Waals surface area contributed by atoms with E-state index in [4.69, 9.17) is 4.74 Å². The Morgan fingerprint density at radius 2 is 1.81 bits per heavy atom. The van der Waals surface area contributed by atoms with Crippen LogP contribution in [0.25, 0.3) is 0 Å². The molecule has 0 fully saturated rings. The van der Waals surface area contributed by atoms with E-state index in [0.29, 0.717) is 6.42 Å². The molecule has 1 aromatic carbocycles. The van der Waals surface area contributed by atoms with Gasteiger partial charge in [-0.1, -0.05) is 12.8 Å². The van der Waals surface area contributed by atoms with Crippen LogP contribution in [-0.2, 0) is 9.53 Å². The number of halogens is 1. The van der Waals surface area contributed by atoms with Gasteiger partial charge in [-0.05, 0) is 51.0 Å². The first-order valence-corrected chi connectivity index (χ1v) is 6.56. The third-order valence-electron chi connectivity index (χ3n) is 2.24. The van der Waals surface area contributed by atoms with Crippen LogP contribution in [0.15, 0.2) is 24.3 Å². The lowest BCUT2D eigenvalue weighted by Crippen LogP contribution is -2.40. The Balaban J connectivity index is 3.14. The summed E-state index contributed by atoms with van der Waals surface area (Å²) in [6, 6.07) is 4.97. The molecule has 0 unspecified atom stereocenters. The average Bonchev–Trinajstić information content (AvgIpc) is 2.37. The molecule has 112 valence electrons. The minimum Gasteiger partial charge on any atom is -0.443 e. The lowest BCUT2D eigenvalue weighted by molar-refractivity contribution is -0.113. The monoisotopic (exact) mass is 291 g/mol. The molecule has 21 heavy (non-hydrogen) atoms. The molecule has 0 aliphatic carbocycles. The first-order chi connectivity index (χ1) is 9.74. The van der Waals surface area contributed by atoms with E-state index in [9.17, 15) is 14.0 Å². The molecule has 0 heterocycles. The molecule has 0 saturated carbocycles. The SMILES string of the molecule is CCC#CC(=O)N(C(=O)OC(C)(C)C)c1ccc(F)cc1. The Labute approximate surface area is 123 Å². The number of carbonyl (C=O) groups excluding carboxylic acids is 2. The minimum absolute atomic E-state index is 0.209. The molecule has 0 radical (unpaired) electrons. The summed E-state index contributed by atoms with van der Waals surface area (Å²) in [4.78, 5) is 25.0. The fourth-order valence-electron chi connectivity index (χ4n) is 1.42. The third-order valence-corrected chi connectivity index (χ3v) is 2.24. The molecule has 0 aliphatic heterocycles. The summed E-state index contributed by atoms with van der Waals surface area (Å²) in [7, 11) is 0. The number of carbonyl (C=O) groups is 2. The van der Waals surface area contributed by atoms with E-state index in [2.05, 4.69) is 11.8 Å². The molecule has 1 aromatic rings. The molecule has 0 aliphatic rings. The zero-order valence-corrected chi connectivity index (χ0v) is 12.6. The van der Waals surface area contributed by atoms with Gasteiger partial charge in [0.15, 0.2) is 0 Å². The quantitative estimate of drug-likeness (QED) is 0.744. The molecule has 0 saturated heterocycles. The van der Waals surface area contributed by atoms with Crippen LogP contribution in [0.4, 0.5) is 14.9 Å². The van der Waals surface area contributed by atoms with E-state index in [1.807, 2.05) is 0 Å². The maximum atomic E-state index is 13.0. The van der Waals surface area contributed by atoms with Crippen molar-refractivity contribution < 1.29 is 18.7 Å². The summed E-state index contributed by atoms with van der Waals surface area (Å²) in [5, 5.41) is 0. The maximum absolute atomic E-state index is 13.0. The molecular weight excluding hydrogens is 273 g/mol. The topological polar surface area (TPSA) is 46.6 Å². The molecule has 0 N–H and O–H groups in total. The standard InChI is InChI=1S/C16H18FNO3/c1-5-6-7-14(19)18(15(20)21-16(2,3)4)13-10-8-12(17)9-11-13/h8-11H,5H2,1-4H3. The fraction of sp³-hybridized carbons (Fsp3) is 0.375. The molecule has 0 bridgehead atoms. The number of nitrogens with zero attached hydrogens (tertiary/aromatic N) is 1. The van der Waals surface area contributed by atoms with Crippen LogP contribution in [0.1, 0.15) is 34.1 Å². The first kappa shape index (κ1) is 16.7. The molecule has 1 rings (SSSR count). The minimum atomic E-state index is -0.843. The smallest absolute Gasteiger partial charge is 0.422 e. The van der Waals surface area contributed by atoms with Gasteiger partial charge in [-0.3, -0.25) is 4.79 Å². The lowest BCUT2D eigenvalue weighted by atomic mass is 10.2. The van der Waals surface area contributed by atoms with Crippen LogP contribution < -0.4 is 4.90 Å². The van der Waals surface area contributed by atoms with Gasteiger partial charge in [0.2, 0.25) is 0 Å². The Morgan fingerprint density at radius 1 is 1.24 bits per heavy atom. The molecule has 0 aromatic heterocycles. The lowest BCUT2D eigenvalue weighted by Gasteiger charge is -2.25. The second kappa shape index (κ2) is 6.89. The summed E-state index contributed by atoms with van der Waals surface area (Å²) in [5.41, 5.74) is -0.547. The van der Waals surface area contributed by atoms with Crippen molar-refractivity contribution in [2.75, 3.05) is 4.90 Å². The number of hydrogen-bond donors (Lipinski definition) is 0. The average molecular weight is 291 g/mol. The van der Waals surface area contributed by atoms with Crippen molar-refractivity contribution in [1.82, 2.24) is 0 Å². The van der Waals surface area contributed by atoms with Crippen molar-refractivity contribution in [3.8, 4) is 11.8 Å². The Hall–Kier alpha value is -2.35. The van der Waals surface area contributed by atoms with Gasteiger partial charge >= 0.3 is 12.0 Å². The highest BCUT2D eigenvalue weighted by Crippen LogP contribution is 2.19. The predicted molar refractivity (Wildman–Crippen MR) is 78.2 cm³/mol. The molecule has 5 heteroatoms. The summed E-state index contributed by atoms with van der Waals surface area (Å²) < 4.78 is 18.2. The van der Waals surface area contributed by atoms with E-state index in [1.54, 1.807) is 27.7 Å². The van der Waals surface area contributed by atoms with Crippen LogP contribution in [0, 0.1) is 17.7 Å². The van der Waals surface area contributed by atoms with E-state index >= 15 is 0 Å². The van der Waals surface area contributed by atoms with Gasteiger partial charge in [-0.25, -0.2) is 14.1 Å². The summed E-state index contributed by atoms with van der Waals surface area (Å²) in [6.07, 6.45) is -0.360. The van der Waals surface area contributed by atoms with Crippen LogP contribution in [0.5, 0.6) is 0 Å². The number of rotatable bonds is 1. The predicted octanol–water partition coefficient (Wildman–Crippen LogP) is 3.51. The van der Waals surface area contributed by atoms with Crippen molar-refractivity contribution in [3.05, 3.63) is 30.1 Å². The molecule has 0 atom stereocenters. The number of benzene rings is 1. The van der Waals surface area contributed by atoms with E-state index in [-0.39, 0.29) is 5.69 Å². The highest BCUT2D eigenvalue weighted by atomic mass is 19.1. The normalized spacial score (nSPS) is 10.3. The molecule has 4 nitrogen and oxygen atoms in total. The van der Waals surface area contributed by atoms with Crippen LogP contribution >= 0.6 is 0 Å². The van der Waals surface area contributed by atoms with Crippen molar-refractivity contribution in [1.29, 1.82) is 0 Å². The molecule has 2 amide bonds. The van der Waals surface area contributed by atoms with Gasteiger partial charge < -0.3 is 4.74 Å². The Morgan fingerprint density at radius 3 is 2.29 bits per heavy atom. The van der Waals surface area contributed by atoms with Gasteiger partial charge in [-0.2, -0.15) is 0 Å². The number of anilines is 1. The van der Waals surface area contributed by atoms with Gasteiger partial charge in [0.1, 0.15) is 11.4 Å². The van der Waals surface area contributed by atoms with E-state index < -0.39 is 23.4 Å². The van der Waals surface area contributed by atoms with Gasteiger partial charge in [-0.15, -0.1) is 0 Å². The second-order valence-electron chi connectivity index (χ2n) is 5.25. The zero-order chi connectivity index (χ0) is 16.0. The molecular formula is C16H18FNO3. The number of amides is 2. The van der Waals surface area contributed by atoms with Crippen LogP contribution in [-0.4, -0.2) is 17.6 Å². The maximum Gasteiger partial charge on any atom is 0.422 e. The van der Waals surface area contributed by atoms with Crippen LogP contribution in [0.2, 0.25) is 0 Å². The zero-order valence-electron chi connectivity index (χ0n) is 12.6. The summed E-state index contributed by atoms with van der Waals surface area (Å²) in [6.45, 7) is 6.86. The Bertz CT molecular complexity index is 576. The van der Waals surface area contributed by atoms with Gasteiger partial charge in [0.05, 0.1) is 5.69 Å². The van der Waals surface area contributed by atoms with Gasteiger partial charge in [0.25, 0.3) is 0 Å².